The fraction of sp³-hybridized carbons (Fsp3) is 0.263. The Balaban J connectivity index is 1.58. The van der Waals surface area contributed by atoms with E-state index in [9.17, 15) is 4.79 Å². The SMILES string of the molecule is CC(C)(NCC(=O)Nc1ccnn1Cc1cccs1)c1ccc(Cl)cc1. The van der Waals surface area contributed by atoms with E-state index in [0.717, 1.165) is 5.56 Å². The second kappa shape index (κ2) is 8.03. The van der Waals surface area contributed by atoms with E-state index in [2.05, 4.69) is 15.7 Å². The lowest BCUT2D eigenvalue weighted by Crippen LogP contribution is -2.41. The third-order valence-corrected chi connectivity index (χ3v) is 5.24. The number of rotatable bonds is 7. The number of halogens is 1. The molecule has 0 saturated heterocycles. The summed E-state index contributed by atoms with van der Waals surface area (Å²) in [6.07, 6.45) is 1.69. The molecule has 3 aromatic rings. The summed E-state index contributed by atoms with van der Waals surface area (Å²) < 4.78 is 1.79. The molecule has 2 heterocycles. The summed E-state index contributed by atoms with van der Waals surface area (Å²) in [5.74, 6) is 0.578. The zero-order valence-corrected chi connectivity index (χ0v) is 16.3. The summed E-state index contributed by atoms with van der Waals surface area (Å²) in [5.41, 5.74) is 0.719. The van der Waals surface area contributed by atoms with Crippen molar-refractivity contribution in [1.29, 1.82) is 0 Å². The first-order chi connectivity index (χ1) is 12.4. The zero-order valence-electron chi connectivity index (χ0n) is 14.7. The molecule has 1 amide bonds. The average Bonchev–Trinajstić information content (AvgIpc) is 3.27. The lowest BCUT2D eigenvalue weighted by atomic mass is 9.94. The largest absolute Gasteiger partial charge is 0.310 e. The van der Waals surface area contributed by atoms with Crippen LogP contribution in [0.5, 0.6) is 0 Å². The molecule has 5 nitrogen and oxygen atoms in total. The maximum Gasteiger partial charge on any atom is 0.239 e. The Morgan fingerprint density at radius 3 is 2.69 bits per heavy atom. The lowest BCUT2D eigenvalue weighted by molar-refractivity contribution is -0.115. The molecule has 3 rings (SSSR count). The van der Waals surface area contributed by atoms with Crippen LogP contribution in [0.3, 0.4) is 0 Å². The van der Waals surface area contributed by atoms with Crippen LogP contribution in [0.15, 0.2) is 54.0 Å². The molecule has 136 valence electrons. The predicted molar refractivity (Wildman–Crippen MR) is 107 cm³/mol. The number of benzene rings is 1. The van der Waals surface area contributed by atoms with Crippen LogP contribution < -0.4 is 10.6 Å². The van der Waals surface area contributed by atoms with E-state index in [1.807, 2.05) is 55.6 Å². The van der Waals surface area contributed by atoms with Gasteiger partial charge >= 0.3 is 0 Å². The fourth-order valence-corrected chi connectivity index (χ4v) is 3.38. The molecule has 0 aliphatic heterocycles. The Bertz CT molecular complexity index is 856. The number of nitrogens with zero attached hydrogens (tertiary/aromatic N) is 2. The normalized spacial score (nSPS) is 11.5. The molecule has 7 heteroatoms. The highest BCUT2D eigenvalue weighted by atomic mass is 35.5. The number of carbonyl (C=O) groups excluding carboxylic acids is 1. The summed E-state index contributed by atoms with van der Waals surface area (Å²) in [5, 5.41) is 13.2. The van der Waals surface area contributed by atoms with Crippen LogP contribution in [0, 0.1) is 0 Å². The molecular formula is C19H21ClN4OS. The van der Waals surface area contributed by atoms with Gasteiger partial charge in [-0.2, -0.15) is 5.10 Å². The number of anilines is 1. The van der Waals surface area contributed by atoms with Gasteiger partial charge in [0.1, 0.15) is 5.82 Å². The van der Waals surface area contributed by atoms with Gasteiger partial charge in [-0.25, -0.2) is 4.68 Å². The van der Waals surface area contributed by atoms with E-state index in [1.165, 1.54) is 4.88 Å². The standard InChI is InChI=1S/C19H21ClN4OS/c1-19(2,14-5-7-15(20)8-6-14)21-12-18(25)23-17-9-10-22-24(17)13-16-4-3-11-26-16/h3-11,21H,12-13H2,1-2H3,(H,23,25). The molecular weight excluding hydrogens is 368 g/mol. The van der Waals surface area contributed by atoms with E-state index in [4.69, 9.17) is 11.6 Å². The van der Waals surface area contributed by atoms with Crippen molar-refractivity contribution >= 4 is 34.7 Å². The molecule has 26 heavy (non-hydrogen) atoms. The van der Waals surface area contributed by atoms with Crippen molar-refractivity contribution < 1.29 is 4.79 Å². The minimum Gasteiger partial charge on any atom is -0.310 e. The van der Waals surface area contributed by atoms with Crippen molar-refractivity contribution in [2.24, 2.45) is 0 Å². The highest BCUT2D eigenvalue weighted by Gasteiger charge is 2.21. The highest BCUT2D eigenvalue weighted by Crippen LogP contribution is 2.21. The van der Waals surface area contributed by atoms with Gasteiger partial charge in [-0.1, -0.05) is 29.8 Å². The Labute approximate surface area is 162 Å². The van der Waals surface area contributed by atoms with E-state index in [1.54, 1.807) is 28.3 Å². The van der Waals surface area contributed by atoms with Crippen molar-refractivity contribution in [3.8, 4) is 0 Å². The molecule has 2 N–H and O–H groups in total. The molecule has 0 unspecified atom stereocenters. The number of aromatic nitrogens is 2. The molecule has 0 bridgehead atoms. The fourth-order valence-electron chi connectivity index (χ4n) is 2.57. The van der Waals surface area contributed by atoms with Gasteiger partial charge in [-0.3, -0.25) is 10.1 Å². The van der Waals surface area contributed by atoms with Gasteiger partial charge < -0.3 is 5.32 Å². The maximum absolute atomic E-state index is 12.4. The highest BCUT2D eigenvalue weighted by molar-refractivity contribution is 7.09. The molecule has 2 aromatic heterocycles. The van der Waals surface area contributed by atoms with Crippen molar-refractivity contribution in [2.45, 2.75) is 25.9 Å². The van der Waals surface area contributed by atoms with Crippen molar-refractivity contribution in [2.75, 3.05) is 11.9 Å². The summed E-state index contributed by atoms with van der Waals surface area (Å²) >= 11 is 7.61. The second-order valence-electron chi connectivity index (χ2n) is 6.49. The van der Waals surface area contributed by atoms with Crippen LogP contribution >= 0.6 is 22.9 Å². The molecule has 0 fully saturated rings. The third kappa shape index (κ3) is 4.72. The predicted octanol–water partition coefficient (Wildman–Crippen LogP) is 4.11. The maximum atomic E-state index is 12.4. The Morgan fingerprint density at radius 2 is 2.00 bits per heavy atom. The van der Waals surface area contributed by atoms with Crippen LogP contribution in [0.4, 0.5) is 5.82 Å². The van der Waals surface area contributed by atoms with Crippen molar-refractivity contribution in [3.05, 3.63) is 69.5 Å². The first-order valence-corrected chi connectivity index (χ1v) is 9.55. The monoisotopic (exact) mass is 388 g/mol. The summed E-state index contributed by atoms with van der Waals surface area (Å²) in [4.78, 5) is 13.6. The molecule has 0 radical (unpaired) electrons. The third-order valence-electron chi connectivity index (χ3n) is 4.13. The van der Waals surface area contributed by atoms with Crippen LogP contribution in [-0.2, 0) is 16.9 Å². The molecule has 1 aromatic carbocycles. The van der Waals surface area contributed by atoms with E-state index < -0.39 is 0 Å². The number of amides is 1. The number of nitrogens with one attached hydrogen (secondary N) is 2. The summed E-state index contributed by atoms with van der Waals surface area (Å²) in [6.45, 7) is 4.90. The van der Waals surface area contributed by atoms with E-state index in [-0.39, 0.29) is 18.0 Å². The Hall–Kier alpha value is -2.15. The van der Waals surface area contributed by atoms with E-state index >= 15 is 0 Å². The molecule has 0 saturated carbocycles. The van der Waals surface area contributed by atoms with Crippen molar-refractivity contribution in [3.63, 3.8) is 0 Å². The topological polar surface area (TPSA) is 59.0 Å². The second-order valence-corrected chi connectivity index (χ2v) is 7.96. The first-order valence-electron chi connectivity index (χ1n) is 8.29. The van der Waals surface area contributed by atoms with Gasteiger partial charge in [0.25, 0.3) is 0 Å². The van der Waals surface area contributed by atoms with Crippen LogP contribution in [0.1, 0.15) is 24.3 Å². The molecule has 0 spiro atoms. The summed E-state index contributed by atoms with van der Waals surface area (Å²) in [6, 6.07) is 13.5. The van der Waals surface area contributed by atoms with Gasteiger partial charge in [0, 0.05) is 21.5 Å². The smallest absolute Gasteiger partial charge is 0.239 e. The number of carbonyl (C=O) groups is 1. The van der Waals surface area contributed by atoms with Crippen molar-refractivity contribution in [1.82, 2.24) is 15.1 Å². The van der Waals surface area contributed by atoms with Gasteiger partial charge in [-0.15, -0.1) is 11.3 Å². The Morgan fingerprint density at radius 1 is 1.23 bits per heavy atom. The van der Waals surface area contributed by atoms with E-state index in [0.29, 0.717) is 17.4 Å². The van der Waals surface area contributed by atoms with Gasteiger partial charge in [0.15, 0.2) is 0 Å². The first kappa shape index (κ1) is 18.6. The van der Waals surface area contributed by atoms with Gasteiger partial charge in [-0.05, 0) is 43.0 Å². The quantitative estimate of drug-likeness (QED) is 0.640. The molecule has 0 aliphatic carbocycles. The molecule has 0 atom stereocenters. The minimum atomic E-state index is -0.348. The van der Waals surface area contributed by atoms with Crippen LogP contribution in [0.2, 0.25) is 5.02 Å². The van der Waals surface area contributed by atoms with Gasteiger partial charge in [0.05, 0.1) is 19.3 Å². The average molecular weight is 389 g/mol. The molecule has 0 aliphatic rings. The Kier molecular flexibility index (Phi) is 5.76. The number of hydrogen-bond acceptors (Lipinski definition) is 4. The number of thiophene rings is 1. The lowest BCUT2D eigenvalue weighted by Gasteiger charge is -2.27. The number of hydrogen-bond donors (Lipinski definition) is 2. The summed E-state index contributed by atoms with van der Waals surface area (Å²) in [7, 11) is 0. The van der Waals surface area contributed by atoms with Gasteiger partial charge in [0.2, 0.25) is 5.91 Å². The minimum absolute atomic E-state index is 0.111. The van der Waals surface area contributed by atoms with Crippen LogP contribution in [0.25, 0.3) is 0 Å². The van der Waals surface area contributed by atoms with Crippen LogP contribution in [-0.4, -0.2) is 22.2 Å². The zero-order chi connectivity index (χ0) is 18.6.